The number of hydrogen-bond acceptors (Lipinski definition) is 0. The predicted molar refractivity (Wildman–Crippen MR) is 222 cm³/mol. The normalized spacial score (nSPS) is 14.8. The molecule has 0 unspecified atom stereocenters. The van der Waals surface area contributed by atoms with Gasteiger partial charge in [-0.25, -0.2) is 0 Å². The minimum Gasteiger partial charge on any atom is -0.0619 e. The van der Waals surface area contributed by atoms with Crippen molar-refractivity contribution in [3.63, 3.8) is 0 Å². The maximum Gasteiger partial charge on any atom is 0.0159 e. The second-order valence-corrected chi connectivity index (χ2v) is 16.1. The molecule has 246 valence electrons. The molecule has 0 aromatic heterocycles. The van der Waals surface area contributed by atoms with Crippen molar-refractivity contribution in [1.82, 2.24) is 0 Å². The summed E-state index contributed by atoms with van der Waals surface area (Å²) in [5.74, 6) is 0. The minimum absolute atomic E-state index is 0.111. The molecule has 0 atom stereocenters. The van der Waals surface area contributed by atoms with Crippen LogP contribution in [0.3, 0.4) is 0 Å². The van der Waals surface area contributed by atoms with Crippen LogP contribution in [0.4, 0.5) is 0 Å². The molecule has 2 aliphatic rings. The number of rotatable bonds is 2. The molecule has 0 heterocycles. The van der Waals surface area contributed by atoms with E-state index in [2.05, 4.69) is 185 Å². The van der Waals surface area contributed by atoms with Crippen LogP contribution >= 0.6 is 0 Å². The highest BCUT2D eigenvalue weighted by Crippen LogP contribution is 2.56. The van der Waals surface area contributed by atoms with Gasteiger partial charge in [0, 0.05) is 10.8 Å². The van der Waals surface area contributed by atoms with Gasteiger partial charge in [-0.05, 0) is 146 Å². The van der Waals surface area contributed by atoms with Gasteiger partial charge in [0.25, 0.3) is 0 Å². The van der Waals surface area contributed by atoms with E-state index in [-0.39, 0.29) is 10.8 Å². The van der Waals surface area contributed by atoms with E-state index >= 15 is 0 Å². The molecular formula is C52H38. The first-order valence-corrected chi connectivity index (χ1v) is 18.6. The van der Waals surface area contributed by atoms with E-state index < -0.39 is 0 Å². The molecule has 0 heteroatoms. The molecule has 9 aromatic rings. The average molecular weight is 663 g/mol. The lowest BCUT2D eigenvalue weighted by molar-refractivity contribution is 0.661. The fraction of sp³-hybridized carbons (Fsp3) is 0.115. The summed E-state index contributed by atoms with van der Waals surface area (Å²) < 4.78 is 0. The lowest BCUT2D eigenvalue weighted by Gasteiger charge is -2.25. The van der Waals surface area contributed by atoms with Crippen LogP contribution in [-0.4, -0.2) is 0 Å². The van der Waals surface area contributed by atoms with Gasteiger partial charge in [-0.15, -0.1) is 0 Å². The molecule has 0 radical (unpaired) electrons. The smallest absolute Gasteiger partial charge is 0.0159 e. The van der Waals surface area contributed by atoms with Gasteiger partial charge in [-0.2, -0.15) is 0 Å². The SMILES string of the molecule is CC1(C)c2ccccc2-c2cc3c(-c4ccc5ccccc5c4)c4cc5c(cc4c(-c4ccc6ccccc6c4)c3cc21)C(C)(C)c1ccccc1-5. The molecule has 9 aromatic carbocycles. The van der Waals surface area contributed by atoms with Crippen molar-refractivity contribution in [3.05, 3.63) is 180 Å². The van der Waals surface area contributed by atoms with E-state index in [1.165, 1.54) is 110 Å². The van der Waals surface area contributed by atoms with Crippen LogP contribution in [0.1, 0.15) is 49.9 Å². The standard InChI is InChI=1S/C52H38/c1-51(2)45-19-11-9-17-37(45)39-27-41-43(29-47(39)51)50(36-24-22-32-14-6-8-16-34(32)26-36)44-30-48-40(38-18-10-12-20-46(38)52(48,3)4)28-42(44)49(41)35-23-21-31-13-5-7-15-33(31)25-35/h5-30H,1-4H3. The Morgan fingerprint density at radius 1 is 0.288 bits per heavy atom. The Kier molecular flexibility index (Phi) is 5.89. The first kappa shape index (κ1) is 29.7. The summed E-state index contributed by atoms with van der Waals surface area (Å²) in [4.78, 5) is 0. The van der Waals surface area contributed by atoms with Crippen LogP contribution < -0.4 is 0 Å². The fourth-order valence-electron chi connectivity index (χ4n) is 9.92. The molecule has 0 nitrogen and oxygen atoms in total. The molecule has 0 aliphatic heterocycles. The molecule has 0 fully saturated rings. The highest BCUT2D eigenvalue weighted by atomic mass is 14.4. The van der Waals surface area contributed by atoms with Gasteiger partial charge in [0.1, 0.15) is 0 Å². The second-order valence-electron chi connectivity index (χ2n) is 16.1. The van der Waals surface area contributed by atoms with Crippen LogP contribution in [0, 0.1) is 0 Å². The van der Waals surface area contributed by atoms with E-state index in [0.717, 1.165) is 0 Å². The van der Waals surface area contributed by atoms with Crippen molar-refractivity contribution >= 4 is 43.1 Å². The lowest BCUT2D eigenvalue weighted by Crippen LogP contribution is -2.15. The van der Waals surface area contributed by atoms with Crippen molar-refractivity contribution in [2.75, 3.05) is 0 Å². The molecule has 2 aliphatic carbocycles. The largest absolute Gasteiger partial charge is 0.0619 e. The molecule has 0 N–H and O–H groups in total. The van der Waals surface area contributed by atoms with Crippen molar-refractivity contribution in [3.8, 4) is 44.5 Å². The van der Waals surface area contributed by atoms with E-state index in [4.69, 9.17) is 0 Å². The Morgan fingerprint density at radius 3 is 1.10 bits per heavy atom. The van der Waals surface area contributed by atoms with E-state index in [1.54, 1.807) is 0 Å². The number of hydrogen-bond donors (Lipinski definition) is 0. The summed E-state index contributed by atoms with van der Waals surface area (Å²) in [6.45, 7) is 9.60. The second kappa shape index (κ2) is 10.3. The maximum absolute atomic E-state index is 2.56. The van der Waals surface area contributed by atoms with Crippen molar-refractivity contribution in [2.24, 2.45) is 0 Å². The summed E-state index contributed by atoms with van der Waals surface area (Å²) in [5, 5.41) is 10.3. The highest BCUT2D eigenvalue weighted by Gasteiger charge is 2.38. The number of fused-ring (bicyclic) bond motifs is 10. The van der Waals surface area contributed by atoms with Gasteiger partial charge in [0.2, 0.25) is 0 Å². The molecular weight excluding hydrogens is 625 g/mol. The Morgan fingerprint density at radius 2 is 0.654 bits per heavy atom. The zero-order chi connectivity index (χ0) is 34.9. The monoisotopic (exact) mass is 662 g/mol. The third-order valence-corrected chi connectivity index (χ3v) is 12.6. The summed E-state index contributed by atoms with van der Waals surface area (Å²) in [5.41, 5.74) is 16.0. The first-order valence-electron chi connectivity index (χ1n) is 18.6. The molecule has 0 saturated heterocycles. The first-order chi connectivity index (χ1) is 25.3. The van der Waals surface area contributed by atoms with Gasteiger partial charge in [-0.1, -0.05) is 149 Å². The van der Waals surface area contributed by atoms with Crippen LogP contribution in [0.15, 0.2) is 158 Å². The minimum atomic E-state index is -0.111. The topological polar surface area (TPSA) is 0 Å². The average Bonchev–Trinajstić information content (AvgIpc) is 3.53. The van der Waals surface area contributed by atoms with Crippen LogP contribution in [0.5, 0.6) is 0 Å². The highest BCUT2D eigenvalue weighted by molar-refractivity contribution is 6.24. The van der Waals surface area contributed by atoms with E-state index in [1.807, 2.05) is 0 Å². The summed E-state index contributed by atoms with van der Waals surface area (Å²) in [6.07, 6.45) is 0. The summed E-state index contributed by atoms with van der Waals surface area (Å²) in [7, 11) is 0. The lowest BCUT2D eigenvalue weighted by atomic mass is 9.77. The molecule has 0 saturated carbocycles. The van der Waals surface area contributed by atoms with Crippen LogP contribution in [-0.2, 0) is 10.8 Å². The third kappa shape index (κ3) is 3.93. The predicted octanol–water partition coefficient (Wildman–Crippen LogP) is 14.2. The zero-order valence-corrected chi connectivity index (χ0v) is 30.0. The van der Waals surface area contributed by atoms with Crippen molar-refractivity contribution in [1.29, 1.82) is 0 Å². The summed E-state index contributed by atoms with van der Waals surface area (Å²) in [6, 6.07) is 60.0. The van der Waals surface area contributed by atoms with Crippen LogP contribution in [0.2, 0.25) is 0 Å². The Hall–Kier alpha value is -5.98. The Balaban J connectivity index is 1.37. The van der Waals surface area contributed by atoms with Gasteiger partial charge in [0.15, 0.2) is 0 Å². The van der Waals surface area contributed by atoms with Crippen molar-refractivity contribution < 1.29 is 0 Å². The Bertz CT molecular complexity index is 2880. The zero-order valence-electron chi connectivity index (χ0n) is 30.0. The molecule has 11 rings (SSSR count). The molecule has 52 heavy (non-hydrogen) atoms. The van der Waals surface area contributed by atoms with Crippen LogP contribution in [0.25, 0.3) is 87.6 Å². The van der Waals surface area contributed by atoms with Gasteiger partial charge in [-0.3, -0.25) is 0 Å². The van der Waals surface area contributed by atoms with E-state index in [0.29, 0.717) is 0 Å². The quantitative estimate of drug-likeness (QED) is 0.162. The molecule has 0 amide bonds. The van der Waals surface area contributed by atoms with Gasteiger partial charge >= 0.3 is 0 Å². The maximum atomic E-state index is 2.56. The van der Waals surface area contributed by atoms with E-state index in [9.17, 15) is 0 Å². The fourth-order valence-corrected chi connectivity index (χ4v) is 9.92. The molecule has 0 spiro atoms. The Labute approximate surface area is 305 Å². The van der Waals surface area contributed by atoms with Crippen molar-refractivity contribution in [2.45, 2.75) is 38.5 Å². The molecule has 0 bridgehead atoms. The third-order valence-electron chi connectivity index (χ3n) is 12.6. The van der Waals surface area contributed by atoms with Gasteiger partial charge in [0.05, 0.1) is 0 Å². The number of benzene rings is 9. The summed E-state index contributed by atoms with van der Waals surface area (Å²) >= 11 is 0. The van der Waals surface area contributed by atoms with Gasteiger partial charge < -0.3 is 0 Å².